The molecule has 7 nitrogen and oxygen atoms in total. The predicted octanol–water partition coefficient (Wildman–Crippen LogP) is 4.31. The predicted molar refractivity (Wildman–Crippen MR) is 106 cm³/mol. The van der Waals surface area contributed by atoms with Crippen molar-refractivity contribution in [1.82, 2.24) is 15.1 Å². The van der Waals surface area contributed by atoms with Gasteiger partial charge in [0.05, 0.1) is 16.6 Å². The summed E-state index contributed by atoms with van der Waals surface area (Å²) in [6.45, 7) is 1.41. The van der Waals surface area contributed by atoms with E-state index in [9.17, 15) is 10.0 Å². The normalized spacial score (nSPS) is 12.5. The monoisotopic (exact) mass is 408 g/mol. The minimum atomic E-state index is -0.768. The quantitative estimate of drug-likeness (QED) is 0.541. The summed E-state index contributed by atoms with van der Waals surface area (Å²) in [4.78, 5) is 12.7. The van der Waals surface area contributed by atoms with Crippen LogP contribution in [0.5, 0.6) is 5.75 Å². The van der Waals surface area contributed by atoms with Gasteiger partial charge in [-0.2, -0.15) is 5.10 Å². The summed E-state index contributed by atoms with van der Waals surface area (Å²) in [5.41, 5.74) is 1.44. The van der Waals surface area contributed by atoms with Crippen molar-refractivity contribution < 1.29 is 9.84 Å². The zero-order chi connectivity index (χ0) is 19.4. The van der Waals surface area contributed by atoms with Crippen LogP contribution in [0, 0.1) is 4.91 Å². The molecular formula is C18H18Cl2N4O3. The number of ether oxygens (including phenoxy) is 1. The number of nitrogens with zero attached hydrogens (tertiary/aromatic N) is 3. The lowest BCUT2D eigenvalue weighted by atomic mass is 10.1. The first-order chi connectivity index (χ1) is 13.0. The number of likely N-dealkylation sites (N-methyl/N-ethyl adjacent to an activating group) is 1. The van der Waals surface area contributed by atoms with E-state index in [0.717, 1.165) is 10.9 Å². The fourth-order valence-corrected chi connectivity index (χ4v) is 3.02. The van der Waals surface area contributed by atoms with Crippen LogP contribution in [0.3, 0.4) is 0 Å². The summed E-state index contributed by atoms with van der Waals surface area (Å²) < 4.78 is 5.74. The third kappa shape index (κ3) is 4.75. The van der Waals surface area contributed by atoms with E-state index in [4.69, 9.17) is 27.9 Å². The van der Waals surface area contributed by atoms with Crippen LogP contribution in [-0.4, -0.2) is 46.9 Å². The molecule has 0 aliphatic rings. The molecule has 0 spiro atoms. The number of benzene rings is 2. The fourth-order valence-electron chi connectivity index (χ4n) is 2.67. The Hall–Kier alpha value is -2.19. The maximum absolute atomic E-state index is 10.7. The number of nitroso groups, excluding NO2 is 1. The average Bonchev–Trinajstić information content (AvgIpc) is 3.02. The molecule has 0 radical (unpaired) electrons. The summed E-state index contributed by atoms with van der Waals surface area (Å²) in [6.07, 6.45) is -0.768. The number of rotatable bonds is 8. The van der Waals surface area contributed by atoms with Gasteiger partial charge in [0.15, 0.2) is 0 Å². The van der Waals surface area contributed by atoms with Gasteiger partial charge in [-0.15, -0.1) is 4.91 Å². The second kappa shape index (κ2) is 8.67. The van der Waals surface area contributed by atoms with Crippen molar-refractivity contribution in [2.75, 3.05) is 26.7 Å². The minimum Gasteiger partial charge on any atom is -0.492 e. The lowest BCUT2D eigenvalue weighted by molar-refractivity contribution is 0.118. The van der Waals surface area contributed by atoms with E-state index in [0.29, 0.717) is 36.2 Å². The molecule has 0 saturated carbocycles. The van der Waals surface area contributed by atoms with Crippen LogP contribution in [0.25, 0.3) is 10.9 Å². The Morgan fingerprint density at radius 3 is 2.89 bits per heavy atom. The number of aromatic nitrogens is 2. The highest BCUT2D eigenvalue weighted by atomic mass is 35.5. The number of nitrogens with one attached hydrogen (secondary N) is 1. The van der Waals surface area contributed by atoms with Crippen LogP contribution < -0.4 is 4.74 Å². The fraction of sp³-hybridized carbons (Fsp3) is 0.278. The summed E-state index contributed by atoms with van der Waals surface area (Å²) in [6, 6.07) is 10.2. The maximum Gasteiger partial charge on any atom is 0.132 e. The van der Waals surface area contributed by atoms with Gasteiger partial charge in [-0.05, 0) is 42.1 Å². The van der Waals surface area contributed by atoms with Gasteiger partial charge in [-0.25, -0.2) is 0 Å². The summed E-state index contributed by atoms with van der Waals surface area (Å²) in [7, 11) is 1.87. The third-order valence-corrected chi connectivity index (χ3v) is 4.77. The Bertz CT molecular complexity index is 948. The van der Waals surface area contributed by atoms with Crippen LogP contribution in [0.2, 0.25) is 10.2 Å². The Balaban J connectivity index is 1.51. The van der Waals surface area contributed by atoms with Crippen molar-refractivity contribution in [3.63, 3.8) is 0 Å². The number of hydrogen-bond donors (Lipinski definition) is 2. The number of aromatic amines is 1. The molecule has 9 heteroatoms. The first-order valence-corrected chi connectivity index (χ1v) is 8.99. The van der Waals surface area contributed by atoms with Gasteiger partial charge < -0.3 is 14.7 Å². The van der Waals surface area contributed by atoms with Crippen LogP contribution in [0.15, 0.2) is 41.6 Å². The first-order valence-electron chi connectivity index (χ1n) is 8.24. The molecule has 1 atom stereocenters. The van der Waals surface area contributed by atoms with Crippen LogP contribution in [0.4, 0.5) is 5.69 Å². The van der Waals surface area contributed by atoms with Gasteiger partial charge in [0.1, 0.15) is 23.2 Å². The zero-order valence-corrected chi connectivity index (χ0v) is 16.0. The molecule has 1 aromatic heterocycles. The van der Waals surface area contributed by atoms with E-state index in [-0.39, 0.29) is 10.7 Å². The average molecular weight is 409 g/mol. The molecule has 0 fully saturated rings. The van der Waals surface area contributed by atoms with E-state index >= 15 is 0 Å². The molecule has 27 heavy (non-hydrogen) atoms. The molecule has 0 aliphatic heterocycles. The van der Waals surface area contributed by atoms with Crippen molar-refractivity contribution >= 4 is 39.8 Å². The molecular weight excluding hydrogens is 391 g/mol. The number of aliphatic hydroxyl groups is 1. The molecule has 0 bridgehead atoms. The summed E-state index contributed by atoms with van der Waals surface area (Å²) in [5, 5.41) is 21.6. The standard InChI is InChI=1S/C18H18Cl2N4O3/c1-24(10-17(25)11-2-5-14(19)16(8-11)23-26)6-7-27-12-3-4-13-15(9-12)21-22-18(13)20/h2-5,8-9,17,25H,6-7,10H2,1H3,(H,21,22)/t17-/m0/s1. The highest BCUT2D eigenvalue weighted by Gasteiger charge is 2.13. The van der Waals surface area contributed by atoms with E-state index in [1.165, 1.54) is 6.07 Å². The van der Waals surface area contributed by atoms with Gasteiger partial charge >= 0.3 is 0 Å². The van der Waals surface area contributed by atoms with Gasteiger partial charge in [-0.3, -0.25) is 5.10 Å². The molecule has 0 unspecified atom stereocenters. The van der Waals surface area contributed by atoms with E-state index in [1.807, 2.05) is 30.1 Å². The Morgan fingerprint density at radius 2 is 2.11 bits per heavy atom. The number of H-pyrrole nitrogens is 1. The molecule has 2 N–H and O–H groups in total. The largest absolute Gasteiger partial charge is 0.492 e. The Kier molecular flexibility index (Phi) is 6.28. The highest BCUT2D eigenvalue weighted by molar-refractivity contribution is 6.34. The molecule has 3 aromatic rings. The second-order valence-corrected chi connectivity index (χ2v) is 6.93. The van der Waals surface area contributed by atoms with E-state index in [1.54, 1.807) is 12.1 Å². The Morgan fingerprint density at radius 1 is 1.30 bits per heavy atom. The van der Waals surface area contributed by atoms with E-state index < -0.39 is 6.10 Å². The number of fused-ring (bicyclic) bond motifs is 1. The van der Waals surface area contributed by atoms with E-state index in [2.05, 4.69) is 15.4 Å². The van der Waals surface area contributed by atoms with Gasteiger partial charge in [-0.1, -0.05) is 29.3 Å². The Labute approximate surface area is 165 Å². The molecule has 0 saturated heterocycles. The minimum absolute atomic E-state index is 0.119. The topological polar surface area (TPSA) is 90.8 Å². The van der Waals surface area contributed by atoms with Crippen LogP contribution in [0.1, 0.15) is 11.7 Å². The number of hydrogen-bond acceptors (Lipinski definition) is 6. The second-order valence-electron chi connectivity index (χ2n) is 6.15. The molecule has 0 amide bonds. The lowest BCUT2D eigenvalue weighted by Crippen LogP contribution is -2.28. The van der Waals surface area contributed by atoms with Crippen LogP contribution >= 0.6 is 23.2 Å². The van der Waals surface area contributed by atoms with Crippen molar-refractivity contribution in [2.45, 2.75) is 6.10 Å². The maximum atomic E-state index is 10.7. The molecule has 2 aromatic carbocycles. The van der Waals surface area contributed by atoms with Gasteiger partial charge in [0, 0.05) is 24.5 Å². The van der Waals surface area contributed by atoms with Crippen molar-refractivity contribution in [2.24, 2.45) is 5.18 Å². The molecule has 3 rings (SSSR count). The third-order valence-electron chi connectivity index (χ3n) is 4.16. The van der Waals surface area contributed by atoms with Crippen LogP contribution in [-0.2, 0) is 0 Å². The lowest BCUT2D eigenvalue weighted by Gasteiger charge is -2.21. The summed E-state index contributed by atoms with van der Waals surface area (Å²) >= 11 is 11.8. The first kappa shape index (κ1) is 19.6. The molecule has 1 heterocycles. The SMILES string of the molecule is CN(CCOc1ccc2c(Cl)[nH]nc2c1)C[C@H](O)c1ccc(Cl)c(N=O)c1. The number of aliphatic hydroxyl groups excluding tert-OH is 1. The summed E-state index contributed by atoms with van der Waals surface area (Å²) in [5.74, 6) is 0.694. The molecule has 142 valence electrons. The number of halogens is 2. The van der Waals surface area contributed by atoms with Crippen molar-refractivity contribution in [3.8, 4) is 5.75 Å². The molecule has 0 aliphatic carbocycles. The van der Waals surface area contributed by atoms with Crippen molar-refractivity contribution in [1.29, 1.82) is 0 Å². The van der Waals surface area contributed by atoms with Gasteiger partial charge in [0.2, 0.25) is 0 Å². The van der Waals surface area contributed by atoms with Crippen molar-refractivity contribution in [3.05, 3.63) is 57.0 Å². The smallest absolute Gasteiger partial charge is 0.132 e. The zero-order valence-electron chi connectivity index (χ0n) is 14.5. The highest BCUT2D eigenvalue weighted by Crippen LogP contribution is 2.28. The van der Waals surface area contributed by atoms with Gasteiger partial charge in [0.25, 0.3) is 0 Å².